The Hall–Kier alpha value is -1.89. The third kappa shape index (κ3) is 2.56. The highest BCUT2D eigenvalue weighted by molar-refractivity contribution is 5.50. The Bertz CT molecular complexity index is 274. The van der Waals surface area contributed by atoms with Crippen molar-refractivity contribution in [1.29, 1.82) is 5.26 Å². The van der Waals surface area contributed by atoms with Gasteiger partial charge >= 0.3 is 0 Å². The molecule has 0 aromatic heterocycles. The molecule has 0 saturated heterocycles. The fraction of sp³-hybridized carbons (Fsp3) is 0.300. The van der Waals surface area contributed by atoms with Gasteiger partial charge in [-0.3, -0.25) is 0 Å². The number of nitrogens with zero attached hydrogens (tertiary/aromatic N) is 1. The lowest BCUT2D eigenvalue weighted by Crippen LogP contribution is -1.93. The molecule has 0 aliphatic heterocycles. The second-order valence-electron chi connectivity index (χ2n) is 2.20. The molecule has 0 bridgehead atoms. The van der Waals surface area contributed by atoms with Gasteiger partial charge in [0.15, 0.2) is 11.5 Å². The summed E-state index contributed by atoms with van der Waals surface area (Å²) in [5.41, 5.74) is 0. The molecule has 76 valence electrons. The zero-order valence-electron chi connectivity index (χ0n) is 8.48. The van der Waals surface area contributed by atoms with Crippen LogP contribution in [0.25, 0.3) is 0 Å². The monoisotopic (exact) mass is 195 g/mol. The largest absolute Gasteiger partial charge is 0.493 e. The molecule has 0 spiro atoms. The van der Waals surface area contributed by atoms with Gasteiger partial charge in [0.2, 0.25) is 5.75 Å². The SMILES string of the molecule is C#N.COc1cccc(OC)c1OC. The van der Waals surface area contributed by atoms with Gasteiger partial charge in [-0.2, -0.15) is 0 Å². The van der Waals surface area contributed by atoms with Crippen LogP contribution >= 0.6 is 0 Å². The Labute approximate surface area is 83.6 Å². The summed E-state index contributed by atoms with van der Waals surface area (Å²) >= 11 is 0. The second-order valence-corrected chi connectivity index (χ2v) is 2.20. The second kappa shape index (κ2) is 6.61. The van der Waals surface area contributed by atoms with Gasteiger partial charge in [0.25, 0.3) is 0 Å². The van der Waals surface area contributed by atoms with Gasteiger partial charge in [0.05, 0.1) is 21.3 Å². The van der Waals surface area contributed by atoms with E-state index in [-0.39, 0.29) is 0 Å². The molecule has 14 heavy (non-hydrogen) atoms. The van der Waals surface area contributed by atoms with Crippen LogP contribution in [0.4, 0.5) is 0 Å². The zero-order valence-corrected chi connectivity index (χ0v) is 8.48. The molecule has 0 radical (unpaired) electrons. The molecule has 0 N–H and O–H groups in total. The summed E-state index contributed by atoms with van der Waals surface area (Å²) in [6.45, 7) is 3.50. The molecule has 0 aliphatic carbocycles. The van der Waals surface area contributed by atoms with Gasteiger partial charge in [-0.15, -0.1) is 0 Å². The van der Waals surface area contributed by atoms with Crippen LogP contribution in [0, 0.1) is 11.8 Å². The first-order valence-electron chi connectivity index (χ1n) is 3.84. The summed E-state index contributed by atoms with van der Waals surface area (Å²) in [6, 6.07) is 5.49. The van der Waals surface area contributed by atoms with Crippen molar-refractivity contribution < 1.29 is 14.2 Å². The van der Waals surface area contributed by atoms with E-state index < -0.39 is 0 Å². The van der Waals surface area contributed by atoms with Crippen LogP contribution in [-0.2, 0) is 0 Å². The van der Waals surface area contributed by atoms with Crippen molar-refractivity contribution in [2.45, 2.75) is 0 Å². The Morgan fingerprint density at radius 3 is 1.64 bits per heavy atom. The maximum atomic E-state index is 6.50. The van der Waals surface area contributed by atoms with Gasteiger partial charge in [0.1, 0.15) is 0 Å². The summed E-state index contributed by atoms with van der Waals surface area (Å²) in [5, 5.41) is 6.50. The zero-order chi connectivity index (χ0) is 11.0. The van der Waals surface area contributed by atoms with E-state index >= 15 is 0 Å². The minimum Gasteiger partial charge on any atom is -0.493 e. The van der Waals surface area contributed by atoms with Crippen LogP contribution in [0.5, 0.6) is 17.2 Å². The number of nitriles is 1. The third-order valence-electron chi connectivity index (χ3n) is 1.59. The van der Waals surface area contributed by atoms with E-state index in [4.69, 9.17) is 19.5 Å². The van der Waals surface area contributed by atoms with E-state index in [1.54, 1.807) is 21.3 Å². The highest BCUT2D eigenvalue weighted by Crippen LogP contribution is 2.35. The predicted octanol–water partition coefficient (Wildman–Crippen LogP) is 1.85. The Balaban J connectivity index is 0.000000791. The van der Waals surface area contributed by atoms with E-state index in [9.17, 15) is 0 Å². The maximum absolute atomic E-state index is 6.50. The van der Waals surface area contributed by atoms with Crippen LogP contribution in [0.2, 0.25) is 0 Å². The fourth-order valence-electron chi connectivity index (χ4n) is 1.02. The van der Waals surface area contributed by atoms with E-state index in [0.717, 1.165) is 0 Å². The average Bonchev–Trinajstić information content (AvgIpc) is 2.30. The van der Waals surface area contributed by atoms with Gasteiger partial charge in [0, 0.05) is 6.57 Å². The molecule has 1 rings (SSSR count). The van der Waals surface area contributed by atoms with E-state index in [2.05, 4.69) is 6.57 Å². The highest BCUT2D eigenvalue weighted by Gasteiger charge is 2.08. The van der Waals surface area contributed by atoms with E-state index in [0.29, 0.717) is 17.2 Å². The smallest absolute Gasteiger partial charge is 0.203 e. The number of hydrogen-bond acceptors (Lipinski definition) is 4. The van der Waals surface area contributed by atoms with Crippen molar-refractivity contribution in [3.8, 4) is 23.8 Å². The first-order valence-corrected chi connectivity index (χ1v) is 3.84. The summed E-state index contributed by atoms with van der Waals surface area (Å²) in [6.07, 6.45) is 0. The topological polar surface area (TPSA) is 51.5 Å². The van der Waals surface area contributed by atoms with Crippen molar-refractivity contribution in [1.82, 2.24) is 0 Å². The Morgan fingerprint density at radius 1 is 0.929 bits per heavy atom. The van der Waals surface area contributed by atoms with Crippen molar-refractivity contribution >= 4 is 0 Å². The molecule has 1 aromatic carbocycles. The maximum Gasteiger partial charge on any atom is 0.203 e. The van der Waals surface area contributed by atoms with Gasteiger partial charge in [-0.1, -0.05) is 6.07 Å². The van der Waals surface area contributed by atoms with Crippen LogP contribution in [0.1, 0.15) is 0 Å². The molecule has 1 aromatic rings. The molecule has 0 fully saturated rings. The lowest BCUT2D eigenvalue weighted by molar-refractivity contribution is 0.324. The molecule has 0 atom stereocenters. The van der Waals surface area contributed by atoms with E-state index in [1.807, 2.05) is 18.2 Å². The Morgan fingerprint density at radius 2 is 1.36 bits per heavy atom. The third-order valence-corrected chi connectivity index (χ3v) is 1.59. The Kier molecular flexibility index (Phi) is 5.72. The van der Waals surface area contributed by atoms with Gasteiger partial charge in [-0.05, 0) is 12.1 Å². The van der Waals surface area contributed by atoms with Crippen LogP contribution in [-0.4, -0.2) is 21.3 Å². The average molecular weight is 195 g/mol. The standard InChI is InChI=1S/C9H12O3.CHN/c1-10-7-5-4-6-8(11-2)9(7)12-3;1-2/h4-6H,1-3H3;1H. The number of rotatable bonds is 3. The number of benzene rings is 1. The molecule has 0 heterocycles. The van der Waals surface area contributed by atoms with Gasteiger partial charge in [-0.25, -0.2) is 5.26 Å². The van der Waals surface area contributed by atoms with Crippen LogP contribution in [0.15, 0.2) is 18.2 Å². The number of para-hydroxylation sites is 1. The summed E-state index contributed by atoms with van der Waals surface area (Å²) < 4.78 is 15.3. The molecular formula is C10H13NO3. The lowest BCUT2D eigenvalue weighted by atomic mass is 10.3. The fourth-order valence-corrected chi connectivity index (χ4v) is 1.02. The highest BCUT2D eigenvalue weighted by atomic mass is 16.5. The molecule has 4 heteroatoms. The minimum atomic E-state index is 0.627. The first kappa shape index (κ1) is 12.1. The molecule has 0 amide bonds. The molecule has 0 saturated carbocycles. The van der Waals surface area contributed by atoms with Crippen LogP contribution < -0.4 is 14.2 Å². The van der Waals surface area contributed by atoms with E-state index in [1.165, 1.54) is 0 Å². The molecule has 4 nitrogen and oxygen atoms in total. The lowest BCUT2D eigenvalue weighted by Gasteiger charge is -2.10. The van der Waals surface area contributed by atoms with Gasteiger partial charge < -0.3 is 14.2 Å². The molecule has 0 unspecified atom stereocenters. The van der Waals surface area contributed by atoms with Crippen LogP contribution in [0.3, 0.4) is 0 Å². The summed E-state index contributed by atoms with van der Waals surface area (Å²) in [5.74, 6) is 1.98. The number of methoxy groups -OCH3 is 3. The first-order chi connectivity index (χ1) is 6.83. The van der Waals surface area contributed by atoms with Crippen molar-refractivity contribution in [2.24, 2.45) is 0 Å². The number of hydrogen-bond donors (Lipinski definition) is 0. The number of ether oxygens (including phenoxy) is 3. The van der Waals surface area contributed by atoms with Crippen molar-refractivity contribution in [3.05, 3.63) is 18.2 Å². The quantitative estimate of drug-likeness (QED) is 0.738. The molecular weight excluding hydrogens is 182 g/mol. The van der Waals surface area contributed by atoms with Crippen molar-refractivity contribution in [3.63, 3.8) is 0 Å². The predicted molar refractivity (Wildman–Crippen MR) is 52.8 cm³/mol. The molecule has 0 aliphatic rings. The summed E-state index contributed by atoms with van der Waals surface area (Å²) in [4.78, 5) is 0. The minimum absolute atomic E-state index is 0.627. The van der Waals surface area contributed by atoms with Crippen molar-refractivity contribution in [2.75, 3.05) is 21.3 Å². The normalized spacial score (nSPS) is 8.07. The summed E-state index contributed by atoms with van der Waals surface area (Å²) in [7, 11) is 4.77.